The van der Waals surface area contributed by atoms with E-state index in [1.807, 2.05) is 24.3 Å². The Morgan fingerprint density at radius 2 is 1.83 bits per heavy atom. The Morgan fingerprint density at radius 1 is 1.12 bits per heavy atom. The molecular formula is C18H19NO5. The first-order valence-electron chi connectivity index (χ1n) is 7.86. The van der Waals surface area contributed by atoms with E-state index in [-0.39, 0.29) is 11.8 Å². The fourth-order valence-corrected chi connectivity index (χ4v) is 2.39. The van der Waals surface area contributed by atoms with Gasteiger partial charge in [-0.15, -0.1) is 0 Å². The molecule has 1 aliphatic carbocycles. The maximum absolute atomic E-state index is 11.3. The normalized spacial score (nSPS) is 13.9. The fourth-order valence-electron chi connectivity index (χ4n) is 2.39. The molecular weight excluding hydrogens is 310 g/mol. The van der Waals surface area contributed by atoms with Crippen molar-refractivity contribution in [3.05, 3.63) is 58.1 Å². The first-order valence-corrected chi connectivity index (χ1v) is 7.86. The van der Waals surface area contributed by atoms with Crippen molar-refractivity contribution in [2.45, 2.75) is 32.0 Å². The van der Waals surface area contributed by atoms with Crippen molar-refractivity contribution in [1.82, 2.24) is 0 Å². The van der Waals surface area contributed by atoms with E-state index < -0.39 is 4.92 Å². The minimum atomic E-state index is -0.436. The average molecular weight is 329 g/mol. The third-order valence-corrected chi connectivity index (χ3v) is 4.04. The summed E-state index contributed by atoms with van der Waals surface area (Å²) in [7, 11) is 1.61. The van der Waals surface area contributed by atoms with Crippen molar-refractivity contribution in [2.24, 2.45) is 0 Å². The first kappa shape index (κ1) is 16.1. The van der Waals surface area contributed by atoms with E-state index >= 15 is 0 Å². The average Bonchev–Trinajstić information content (AvgIpc) is 2.57. The van der Waals surface area contributed by atoms with E-state index in [0.29, 0.717) is 18.1 Å². The van der Waals surface area contributed by atoms with Crippen LogP contribution in [-0.4, -0.2) is 18.1 Å². The summed E-state index contributed by atoms with van der Waals surface area (Å²) in [6.45, 7) is 0.323. The molecule has 6 heteroatoms. The highest BCUT2D eigenvalue weighted by Gasteiger charge is 2.24. The van der Waals surface area contributed by atoms with E-state index in [2.05, 4.69) is 0 Å². The van der Waals surface area contributed by atoms with Gasteiger partial charge in [-0.05, 0) is 49.1 Å². The summed E-state index contributed by atoms with van der Waals surface area (Å²) in [5.41, 5.74) is 0.891. The van der Waals surface area contributed by atoms with Gasteiger partial charge in [-0.25, -0.2) is 0 Å². The van der Waals surface area contributed by atoms with Crippen LogP contribution in [0.25, 0.3) is 0 Å². The molecule has 0 radical (unpaired) electrons. The Kier molecular flexibility index (Phi) is 4.84. The summed E-state index contributed by atoms with van der Waals surface area (Å²) < 4.78 is 16.4. The van der Waals surface area contributed by atoms with Crippen LogP contribution in [0.15, 0.2) is 42.5 Å². The molecule has 24 heavy (non-hydrogen) atoms. The van der Waals surface area contributed by atoms with Crippen LogP contribution in [0.5, 0.6) is 17.2 Å². The summed E-state index contributed by atoms with van der Waals surface area (Å²) in [5, 5.41) is 11.3. The standard InChI is InChI=1S/C18H19NO5/c1-22-14-7-5-13(6-8-14)12-23-16-9-10-18(17(11-16)19(20)21)24-15-3-2-4-15/h5-11,15H,2-4,12H2,1H3. The van der Waals surface area contributed by atoms with Crippen molar-refractivity contribution < 1.29 is 19.1 Å². The third kappa shape index (κ3) is 3.76. The monoisotopic (exact) mass is 329 g/mol. The van der Waals surface area contributed by atoms with Gasteiger partial charge < -0.3 is 14.2 Å². The van der Waals surface area contributed by atoms with Crippen LogP contribution in [0.2, 0.25) is 0 Å². The van der Waals surface area contributed by atoms with Gasteiger partial charge in [0, 0.05) is 0 Å². The summed E-state index contributed by atoms with van der Waals surface area (Å²) in [6.07, 6.45) is 3.11. The Bertz CT molecular complexity index is 710. The molecule has 2 aromatic carbocycles. The second-order valence-corrected chi connectivity index (χ2v) is 5.69. The van der Waals surface area contributed by atoms with Crippen molar-refractivity contribution in [2.75, 3.05) is 7.11 Å². The predicted octanol–water partition coefficient (Wildman–Crippen LogP) is 4.11. The predicted molar refractivity (Wildman–Crippen MR) is 88.7 cm³/mol. The van der Waals surface area contributed by atoms with Crippen LogP contribution in [0.4, 0.5) is 5.69 Å². The van der Waals surface area contributed by atoms with Crippen molar-refractivity contribution >= 4 is 5.69 Å². The molecule has 0 N–H and O–H groups in total. The van der Waals surface area contributed by atoms with Gasteiger partial charge in [0.2, 0.25) is 0 Å². The Labute approximate surface area is 140 Å². The molecule has 0 spiro atoms. The van der Waals surface area contributed by atoms with Crippen LogP contribution in [0, 0.1) is 10.1 Å². The van der Waals surface area contributed by atoms with E-state index in [0.717, 1.165) is 30.6 Å². The van der Waals surface area contributed by atoms with Gasteiger partial charge in [0.15, 0.2) is 5.75 Å². The molecule has 0 amide bonds. The zero-order chi connectivity index (χ0) is 16.9. The third-order valence-electron chi connectivity index (χ3n) is 4.04. The lowest BCUT2D eigenvalue weighted by Crippen LogP contribution is -2.24. The van der Waals surface area contributed by atoms with Gasteiger partial charge >= 0.3 is 5.69 Å². The summed E-state index contributed by atoms with van der Waals surface area (Å²) in [4.78, 5) is 10.8. The van der Waals surface area contributed by atoms with E-state index in [9.17, 15) is 10.1 Å². The van der Waals surface area contributed by atoms with Crippen LogP contribution >= 0.6 is 0 Å². The Hall–Kier alpha value is -2.76. The van der Waals surface area contributed by atoms with Crippen molar-refractivity contribution in [3.8, 4) is 17.2 Å². The summed E-state index contributed by atoms with van der Waals surface area (Å²) >= 11 is 0. The lowest BCUT2D eigenvalue weighted by atomic mass is 9.96. The van der Waals surface area contributed by atoms with E-state index in [4.69, 9.17) is 14.2 Å². The van der Waals surface area contributed by atoms with Gasteiger partial charge in [-0.1, -0.05) is 12.1 Å². The van der Waals surface area contributed by atoms with Crippen LogP contribution < -0.4 is 14.2 Å². The lowest BCUT2D eigenvalue weighted by molar-refractivity contribution is -0.386. The maximum atomic E-state index is 11.3. The van der Waals surface area contributed by atoms with Gasteiger partial charge in [0.25, 0.3) is 0 Å². The molecule has 1 saturated carbocycles. The molecule has 1 aliphatic rings. The SMILES string of the molecule is COc1ccc(COc2ccc(OC3CCC3)c([N+](=O)[O-])c2)cc1. The molecule has 6 nitrogen and oxygen atoms in total. The second kappa shape index (κ2) is 7.21. The number of hydrogen-bond donors (Lipinski definition) is 0. The molecule has 0 heterocycles. The number of nitro benzene ring substituents is 1. The Balaban J connectivity index is 1.68. The molecule has 3 rings (SSSR count). The number of methoxy groups -OCH3 is 1. The fraction of sp³-hybridized carbons (Fsp3) is 0.333. The molecule has 2 aromatic rings. The van der Waals surface area contributed by atoms with Crippen LogP contribution in [-0.2, 0) is 6.61 Å². The number of hydrogen-bond acceptors (Lipinski definition) is 5. The molecule has 0 atom stereocenters. The van der Waals surface area contributed by atoms with Gasteiger partial charge in [-0.2, -0.15) is 0 Å². The molecule has 1 fully saturated rings. The largest absolute Gasteiger partial charge is 0.497 e. The van der Waals surface area contributed by atoms with Crippen molar-refractivity contribution in [3.63, 3.8) is 0 Å². The smallest absolute Gasteiger partial charge is 0.314 e. The lowest BCUT2D eigenvalue weighted by Gasteiger charge is -2.26. The number of nitrogens with zero attached hydrogens (tertiary/aromatic N) is 1. The summed E-state index contributed by atoms with van der Waals surface area (Å²) in [6, 6.07) is 12.2. The van der Waals surface area contributed by atoms with E-state index in [1.54, 1.807) is 19.2 Å². The first-order chi connectivity index (χ1) is 11.7. The minimum absolute atomic E-state index is 0.0610. The number of rotatable bonds is 7. The highest BCUT2D eigenvalue weighted by molar-refractivity contribution is 5.51. The minimum Gasteiger partial charge on any atom is -0.497 e. The van der Waals surface area contributed by atoms with Gasteiger partial charge in [0.05, 0.1) is 24.2 Å². The molecule has 0 aliphatic heterocycles. The van der Waals surface area contributed by atoms with Gasteiger partial charge in [0.1, 0.15) is 18.1 Å². The van der Waals surface area contributed by atoms with Crippen LogP contribution in [0.3, 0.4) is 0 Å². The number of benzene rings is 2. The maximum Gasteiger partial charge on any atom is 0.314 e. The molecule has 126 valence electrons. The summed E-state index contributed by atoms with van der Waals surface area (Å²) in [5.74, 6) is 1.52. The van der Waals surface area contributed by atoms with Crippen LogP contribution in [0.1, 0.15) is 24.8 Å². The number of ether oxygens (including phenoxy) is 3. The molecule has 0 unspecified atom stereocenters. The van der Waals surface area contributed by atoms with Crippen molar-refractivity contribution in [1.29, 1.82) is 0 Å². The second-order valence-electron chi connectivity index (χ2n) is 5.69. The highest BCUT2D eigenvalue weighted by atomic mass is 16.6. The zero-order valence-corrected chi connectivity index (χ0v) is 13.4. The molecule has 0 bridgehead atoms. The van der Waals surface area contributed by atoms with E-state index in [1.165, 1.54) is 6.07 Å². The highest BCUT2D eigenvalue weighted by Crippen LogP contribution is 2.35. The zero-order valence-electron chi connectivity index (χ0n) is 13.4. The molecule has 0 aromatic heterocycles. The van der Waals surface area contributed by atoms with Gasteiger partial charge in [-0.3, -0.25) is 10.1 Å². The quantitative estimate of drug-likeness (QED) is 0.564. The topological polar surface area (TPSA) is 70.8 Å². The Morgan fingerprint density at radius 3 is 2.42 bits per heavy atom. The molecule has 0 saturated heterocycles. The number of nitro groups is 1.